The molecule has 10 nitrogen and oxygen atoms in total. The van der Waals surface area contributed by atoms with Gasteiger partial charge < -0.3 is 30.7 Å². The lowest BCUT2D eigenvalue weighted by atomic mass is 10.1. The van der Waals surface area contributed by atoms with Gasteiger partial charge in [0.2, 0.25) is 11.8 Å². The molecule has 2 rings (SSSR count). The Hall–Kier alpha value is -4.27. The van der Waals surface area contributed by atoms with Gasteiger partial charge in [-0.3, -0.25) is 14.4 Å². The molecule has 2 aromatic carbocycles. The number of carbonyl (C=O) groups is 3. The molecule has 0 spiro atoms. The predicted octanol–water partition coefficient (Wildman–Crippen LogP) is 2.30. The second-order valence-electron chi connectivity index (χ2n) is 10.6. The first-order valence-electron chi connectivity index (χ1n) is 13.6. The Morgan fingerprint density at radius 3 is 2.43 bits per heavy atom. The van der Waals surface area contributed by atoms with E-state index >= 15 is 0 Å². The lowest BCUT2D eigenvalue weighted by Crippen LogP contribution is -2.57. The zero-order valence-electron chi connectivity index (χ0n) is 24.9. The minimum atomic E-state index is -1.20. The van der Waals surface area contributed by atoms with Crippen molar-refractivity contribution in [2.45, 2.75) is 52.4 Å². The zero-order valence-corrected chi connectivity index (χ0v) is 24.9. The topological polar surface area (TPSA) is 144 Å². The summed E-state index contributed by atoms with van der Waals surface area (Å²) in [5.74, 6) is -1.60. The summed E-state index contributed by atoms with van der Waals surface area (Å²) in [6.45, 7) is 7.20. The minimum Gasteiger partial charge on any atom is -0.491 e. The Bertz CT molecular complexity index is 1320. The molecule has 0 aliphatic rings. The number of aryl methyl sites for hydroxylation is 1. The van der Waals surface area contributed by atoms with Crippen molar-refractivity contribution in [3.8, 4) is 11.8 Å². The van der Waals surface area contributed by atoms with Crippen LogP contribution >= 0.6 is 0 Å². The second kappa shape index (κ2) is 16.2. The van der Waals surface area contributed by atoms with E-state index in [1.54, 1.807) is 57.4 Å². The van der Waals surface area contributed by atoms with Gasteiger partial charge in [-0.1, -0.05) is 38.1 Å². The monoisotopic (exact) mass is 581 g/mol. The first-order valence-corrected chi connectivity index (χ1v) is 13.6. The SMILES string of the molecule is Cc1ccc(CNC(=O)[C@H](COc2cccc(C=C(C#N)C(=O)N(C)C)c2)NC(=O)[C@@H](NCC(C)C)[C@@H](C)O)c(F)c1. The summed E-state index contributed by atoms with van der Waals surface area (Å²) < 4.78 is 20.2. The van der Waals surface area contributed by atoms with Gasteiger partial charge in [0.1, 0.15) is 41.9 Å². The summed E-state index contributed by atoms with van der Waals surface area (Å²) in [6.07, 6.45) is 0.378. The highest BCUT2D eigenvalue weighted by atomic mass is 19.1. The van der Waals surface area contributed by atoms with Crippen LogP contribution in [0.25, 0.3) is 6.08 Å². The molecular weight excluding hydrogens is 541 g/mol. The Labute approximate surface area is 246 Å². The van der Waals surface area contributed by atoms with Crippen molar-refractivity contribution in [3.05, 3.63) is 70.5 Å². The van der Waals surface area contributed by atoms with Gasteiger partial charge in [0.25, 0.3) is 5.91 Å². The third-order valence-corrected chi connectivity index (χ3v) is 6.15. The largest absolute Gasteiger partial charge is 0.491 e. The van der Waals surface area contributed by atoms with E-state index in [2.05, 4.69) is 16.0 Å². The van der Waals surface area contributed by atoms with E-state index < -0.39 is 41.7 Å². The van der Waals surface area contributed by atoms with Crippen LogP contribution in [0.5, 0.6) is 5.75 Å². The Morgan fingerprint density at radius 2 is 1.83 bits per heavy atom. The van der Waals surface area contributed by atoms with Crippen molar-refractivity contribution in [2.75, 3.05) is 27.2 Å². The number of amides is 3. The van der Waals surface area contributed by atoms with Crippen molar-refractivity contribution in [1.82, 2.24) is 20.9 Å². The van der Waals surface area contributed by atoms with Crippen molar-refractivity contribution in [2.24, 2.45) is 5.92 Å². The van der Waals surface area contributed by atoms with Crippen molar-refractivity contribution < 1.29 is 28.6 Å². The number of halogens is 1. The molecule has 0 aliphatic carbocycles. The highest BCUT2D eigenvalue weighted by Crippen LogP contribution is 2.17. The summed E-state index contributed by atoms with van der Waals surface area (Å²) in [4.78, 5) is 39.8. The summed E-state index contributed by atoms with van der Waals surface area (Å²) in [7, 11) is 3.08. The summed E-state index contributed by atoms with van der Waals surface area (Å²) in [5, 5.41) is 27.9. The van der Waals surface area contributed by atoms with Crippen LogP contribution in [0.3, 0.4) is 0 Å². The van der Waals surface area contributed by atoms with E-state index in [1.165, 1.54) is 24.0 Å². The van der Waals surface area contributed by atoms with Gasteiger partial charge >= 0.3 is 0 Å². The highest BCUT2D eigenvalue weighted by molar-refractivity contribution is 6.01. The zero-order chi connectivity index (χ0) is 31.4. The van der Waals surface area contributed by atoms with Gasteiger partial charge in [-0.15, -0.1) is 0 Å². The number of carbonyl (C=O) groups excluding carboxylic acids is 3. The van der Waals surface area contributed by atoms with E-state index in [0.717, 1.165) is 5.56 Å². The Kier molecular flexibility index (Phi) is 13.1. The van der Waals surface area contributed by atoms with Crippen molar-refractivity contribution in [3.63, 3.8) is 0 Å². The maximum absolute atomic E-state index is 14.3. The highest BCUT2D eigenvalue weighted by Gasteiger charge is 2.29. The third-order valence-electron chi connectivity index (χ3n) is 6.15. The molecule has 0 aliphatic heterocycles. The number of benzene rings is 2. The minimum absolute atomic E-state index is 0.0666. The van der Waals surface area contributed by atoms with E-state index in [1.807, 2.05) is 19.9 Å². The van der Waals surface area contributed by atoms with Crippen LogP contribution in [0.2, 0.25) is 0 Å². The summed E-state index contributed by atoms with van der Waals surface area (Å²) in [5.41, 5.74) is 1.47. The predicted molar refractivity (Wildman–Crippen MR) is 157 cm³/mol. The lowest BCUT2D eigenvalue weighted by Gasteiger charge is -2.25. The molecule has 2 aromatic rings. The molecule has 11 heteroatoms. The number of nitriles is 1. The molecule has 0 radical (unpaired) electrons. The maximum Gasteiger partial charge on any atom is 0.264 e. The van der Waals surface area contributed by atoms with Gasteiger partial charge in [0.05, 0.1) is 6.10 Å². The second-order valence-corrected chi connectivity index (χ2v) is 10.6. The molecule has 0 saturated carbocycles. The van der Waals surface area contributed by atoms with Gasteiger partial charge in [0, 0.05) is 26.2 Å². The number of rotatable bonds is 14. The summed E-state index contributed by atoms with van der Waals surface area (Å²) >= 11 is 0. The molecular formula is C31H40FN5O5. The number of ether oxygens (including phenoxy) is 1. The molecule has 0 fully saturated rings. The fourth-order valence-corrected chi connectivity index (χ4v) is 3.81. The van der Waals surface area contributed by atoms with Crippen LogP contribution in [0.15, 0.2) is 48.0 Å². The fraction of sp³-hybridized carbons (Fsp3) is 0.419. The first kappa shape index (κ1) is 33.9. The number of likely N-dealkylation sites (N-methyl/N-ethyl adjacent to an activating group) is 1. The van der Waals surface area contributed by atoms with Crippen molar-refractivity contribution >= 4 is 23.8 Å². The molecule has 42 heavy (non-hydrogen) atoms. The molecule has 0 unspecified atom stereocenters. The molecule has 0 bridgehead atoms. The van der Waals surface area contributed by atoms with Crippen LogP contribution in [0.4, 0.5) is 4.39 Å². The van der Waals surface area contributed by atoms with Crippen LogP contribution < -0.4 is 20.7 Å². The summed E-state index contributed by atoms with van der Waals surface area (Å²) in [6, 6.07) is 10.9. The van der Waals surface area contributed by atoms with Gasteiger partial charge in [-0.2, -0.15) is 5.26 Å². The van der Waals surface area contributed by atoms with Crippen LogP contribution in [0, 0.1) is 30.0 Å². The average Bonchev–Trinajstić information content (AvgIpc) is 2.92. The van der Waals surface area contributed by atoms with Gasteiger partial charge in [0.15, 0.2) is 0 Å². The van der Waals surface area contributed by atoms with Gasteiger partial charge in [-0.25, -0.2) is 4.39 Å². The van der Waals surface area contributed by atoms with Gasteiger partial charge in [-0.05, 0) is 61.7 Å². The number of aliphatic hydroxyl groups excluding tert-OH is 1. The van der Waals surface area contributed by atoms with Crippen LogP contribution in [-0.4, -0.2) is 73.2 Å². The normalized spacial score (nSPS) is 13.5. The fourth-order valence-electron chi connectivity index (χ4n) is 3.81. The van der Waals surface area contributed by atoms with E-state index in [4.69, 9.17) is 4.74 Å². The van der Waals surface area contributed by atoms with E-state index in [0.29, 0.717) is 17.9 Å². The maximum atomic E-state index is 14.3. The molecule has 226 valence electrons. The number of nitrogens with one attached hydrogen (secondary N) is 3. The van der Waals surface area contributed by atoms with Crippen LogP contribution in [-0.2, 0) is 20.9 Å². The quantitative estimate of drug-likeness (QED) is 0.198. The van der Waals surface area contributed by atoms with Crippen molar-refractivity contribution in [1.29, 1.82) is 5.26 Å². The number of hydrogen-bond acceptors (Lipinski definition) is 7. The number of hydrogen-bond donors (Lipinski definition) is 4. The average molecular weight is 582 g/mol. The number of nitrogens with zero attached hydrogens (tertiary/aromatic N) is 2. The Morgan fingerprint density at radius 1 is 1.12 bits per heavy atom. The third kappa shape index (κ3) is 10.6. The molecule has 3 atom stereocenters. The molecule has 0 heterocycles. The molecule has 0 aromatic heterocycles. The van der Waals surface area contributed by atoms with Crippen LogP contribution in [0.1, 0.15) is 37.5 Å². The van der Waals surface area contributed by atoms with E-state index in [9.17, 15) is 29.1 Å². The molecule has 4 N–H and O–H groups in total. The molecule has 3 amide bonds. The first-order chi connectivity index (χ1) is 19.8. The lowest BCUT2D eigenvalue weighted by molar-refractivity contribution is -0.132. The van der Waals surface area contributed by atoms with E-state index in [-0.39, 0.29) is 30.2 Å². The molecule has 0 saturated heterocycles. The number of aliphatic hydroxyl groups is 1. The standard InChI is InChI=1S/C31H40FN5O5/c1-19(2)16-34-28(21(4)38)30(40)36-27(29(39)35-17-23-11-10-20(3)12-26(23)32)18-42-25-9-7-8-22(14-25)13-24(15-33)31(41)37(5)6/h7-14,19,21,27-28,34,38H,16-18H2,1-6H3,(H,35,39)(H,36,40)/t21-,27+,28+/m1/s1. The Balaban J connectivity index is 2.25. The smallest absolute Gasteiger partial charge is 0.264 e.